The number of furan rings is 1. The van der Waals surface area contributed by atoms with E-state index < -0.39 is 10.8 Å². The lowest BCUT2D eigenvalue weighted by molar-refractivity contribution is -0.384. The molecule has 0 atom stereocenters. The van der Waals surface area contributed by atoms with Gasteiger partial charge in [-0.15, -0.1) is 0 Å². The first-order chi connectivity index (χ1) is 13.7. The van der Waals surface area contributed by atoms with Crippen LogP contribution in [0.4, 0.5) is 11.4 Å². The van der Waals surface area contributed by atoms with Gasteiger partial charge in [0.05, 0.1) is 15.6 Å². The minimum absolute atomic E-state index is 0.0155. The molecule has 148 valence electrons. The molecule has 2 aromatic carbocycles. The molecule has 0 saturated heterocycles. The summed E-state index contributed by atoms with van der Waals surface area (Å²) in [6.07, 6.45) is 0. The van der Waals surface area contributed by atoms with Gasteiger partial charge in [0.1, 0.15) is 5.76 Å². The molecule has 1 aromatic heterocycles. The molecule has 0 spiro atoms. The van der Waals surface area contributed by atoms with Gasteiger partial charge in [-0.2, -0.15) is 0 Å². The van der Waals surface area contributed by atoms with E-state index in [1.54, 1.807) is 6.07 Å². The fourth-order valence-electron chi connectivity index (χ4n) is 2.37. The summed E-state index contributed by atoms with van der Waals surface area (Å²) >= 11 is 16.8. The summed E-state index contributed by atoms with van der Waals surface area (Å²) in [7, 11) is 0. The second kappa shape index (κ2) is 8.48. The second-order valence-corrected chi connectivity index (χ2v) is 6.92. The van der Waals surface area contributed by atoms with Crippen molar-refractivity contribution < 1.29 is 19.2 Å². The summed E-state index contributed by atoms with van der Waals surface area (Å²) in [4.78, 5) is 22.7. The number of phenolic OH excluding ortho intramolecular Hbond substituents is 1. The van der Waals surface area contributed by atoms with Crippen LogP contribution in [0.5, 0.6) is 5.75 Å². The normalized spacial score (nSPS) is 10.4. The van der Waals surface area contributed by atoms with Crippen LogP contribution >= 0.6 is 35.4 Å². The Morgan fingerprint density at radius 2 is 1.93 bits per heavy atom. The molecule has 0 aliphatic heterocycles. The first-order valence-electron chi connectivity index (χ1n) is 7.89. The monoisotopic (exact) mass is 451 g/mol. The SMILES string of the molecule is O=C(NC(=S)Nc1cc(Cl)cc(Cl)c1O)c1ccc(-c2cccc([N+](=O)[O-])c2)o1. The Morgan fingerprint density at radius 3 is 2.66 bits per heavy atom. The molecule has 8 nitrogen and oxygen atoms in total. The maximum absolute atomic E-state index is 12.3. The van der Waals surface area contributed by atoms with Crippen LogP contribution in [-0.2, 0) is 0 Å². The lowest BCUT2D eigenvalue weighted by Crippen LogP contribution is -2.33. The van der Waals surface area contributed by atoms with E-state index in [2.05, 4.69) is 10.6 Å². The van der Waals surface area contributed by atoms with E-state index in [1.807, 2.05) is 0 Å². The lowest BCUT2D eigenvalue weighted by atomic mass is 10.1. The number of carbonyl (C=O) groups excluding carboxylic acids is 1. The summed E-state index contributed by atoms with van der Waals surface area (Å²) in [5.74, 6) is -0.730. The fraction of sp³-hybridized carbons (Fsp3) is 0. The van der Waals surface area contributed by atoms with Crippen molar-refractivity contribution in [3.63, 3.8) is 0 Å². The highest BCUT2D eigenvalue weighted by molar-refractivity contribution is 7.80. The van der Waals surface area contributed by atoms with Crippen LogP contribution in [0.25, 0.3) is 11.3 Å². The molecule has 0 bridgehead atoms. The molecule has 1 amide bonds. The number of nitro groups is 1. The number of carbonyl (C=O) groups is 1. The predicted molar refractivity (Wildman–Crippen MR) is 113 cm³/mol. The molecule has 0 saturated carbocycles. The highest BCUT2D eigenvalue weighted by Crippen LogP contribution is 2.35. The van der Waals surface area contributed by atoms with Crippen LogP contribution in [0.2, 0.25) is 10.0 Å². The quantitative estimate of drug-likeness (QED) is 0.221. The Balaban J connectivity index is 1.71. The van der Waals surface area contributed by atoms with E-state index in [4.69, 9.17) is 39.8 Å². The standard InChI is InChI=1S/C18H11Cl2N3O5S/c19-10-7-12(20)16(24)13(8-10)21-18(29)22-17(25)15-5-4-14(28-15)9-2-1-3-11(6-9)23(26)27/h1-8,24H,(H2,21,22,25,29). The Kier molecular flexibility index (Phi) is 6.02. The number of benzene rings is 2. The second-order valence-electron chi connectivity index (χ2n) is 5.66. The summed E-state index contributed by atoms with van der Waals surface area (Å²) < 4.78 is 5.47. The Hall–Kier alpha value is -3.14. The van der Waals surface area contributed by atoms with Crippen molar-refractivity contribution in [3.05, 3.63) is 74.5 Å². The maximum atomic E-state index is 12.3. The fourth-order valence-corrected chi connectivity index (χ4v) is 3.06. The van der Waals surface area contributed by atoms with Crippen LogP contribution in [0.1, 0.15) is 10.6 Å². The number of non-ortho nitro benzene ring substituents is 1. The molecule has 0 unspecified atom stereocenters. The van der Waals surface area contributed by atoms with Crippen molar-refractivity contribution in [1.82, 2.24) is 5.32 Å². The highest BCUT2D eigenvalue weighted by Gasteiger charge is 2.16. The molecule has 0 aliphatic carbocycles. The molecular formula is C18H11Cl2N3O5S. The summed E-state index contributed by atoms with van der Waals surface area (Å²) in [6.45, 7) is 0. The number of halogens is 2. The molecule has 0 fully saturated rings. The van der Waals surface area contributed by atoms with Gasteiger partial charge in [0.25, 0.3) is 11.6 Å². The summed E-state index contributed by atoms with van der Waals surface area (Å²) in [6, 6.07) is 11.5. The molecule has 0 aliphatic rings. The number of hydrogen-bond acceptors (Lipinski definition) is 6. The number of thiocarbonyl (C=S) groups is 1. The Labute approximate surface area is 179 Å². The number of anilines is 1. The maximum Gasteiger partial charge on any atom is 0.293 e. The van der Waals surface area contributed by atoms with Crippen molar-refractivity contribution in [2.24, 2.45) is 0 Å². The van der Waals surface area contributed by atoms with E-state index in [1.165, 1.54) is 42.5 Å². The average Bonchev–Trinajstić information content (AvgIpc) is 3.16. The van der Waals surface area contributed by atoms with E-state index in [-0.39, 0.29) is 43.8 Å². The smallest absolute Gasteiger partial charge is 0.293 e. The molecule has 1 heterocycles. The molecule has 29 heavy (non-hydrogen) atoms. The number of nitro benzene ring substituents is 1. The Bertz CT molecular complexity index is 1130. The van der Waals surface area contributed by atoms with Crippen molar-refractivity contribution in [2.45, 2.75) is 0 Å². The van der Waals surface area contributed by atoms with Gasteiger partial charge < -0.3 is 14.8 Å². The van der Waals surface area contributed by atoms with Gasteiger partial charge in [-0.25, -0.2) is 0 Å². The van der Waals surface area contributed by atoms with Gasteiger partial charge in [-0.1, -0.05) is 35.3 Å². The number of hydrogen-bond donors (Lipinski definition) is 3. The molecule has 11 heteroatoms. The topological polar surface area (TPSA) is 118 Å². The first-order valence-corrected chi connectivity index (χ1v) is 9.06. The molecular weight excluding hydrogens is 441 g/mol. The van der Waals surface area contributed by atoms with Gasteiger partial charge in [-0.3, -0.25) is 20.2 Å². The Morgan fingerprint density at radius 1 is 1.17 bits per heavy atom. The third-order valence-electron chi connectivity index (χ3n) is 3.67. The lowest BCUT2D eigenvalue weighted by Gasteiger charge is -2.11. The van der Waals surface area contributed by atoms with Crippen molar-refractivity contribution in [2.75, 3.05) is 5.32 Å². The van der Waals surface area contributed by atoms with Gasteiger partial charge in [0.15, 0.2) is 16.6 Å². The van der Waals surface area contributed by atoms with Crippen molar-refractivity contribution in [3.8, 4) is 17.1 Å². The number of rotatable bonds is 4. The van der Waals surface area contributed by atoms with Crippen molar-refractivity contribution >= 4 is 57.8 Å². The largest absolute Gasteiger partial charge is 0.504 e. The minimum Gasteiger partial charge on any atom is -0.504 e. The number of aromatic hydroxyl groups is 1. The molecule has 0 radical (unpaired) electrons. The zero-order valence-electron chi connectivity index (χ0n) is 14.3. The third kappa shape index (κ3) is 4.83. The van der Waals surface area contributed by atoms with Crippen LogP contribution in [0.15, 0.2) is 52.9 Å². The van der Waals surface area contributed by atoms with Gasteiger partial charge >= 0.3 is 0 Å². The summed E-state index contributed by atoms with van der Waals surface area (Å²) in [5, 5.41) is 26.0. The zero-order chi connectivity index (χ0) is 21.1. The number of nitrogens with zero attached hydrogens (tertiary/aromatic N) is 1. The molecule has 3 rings (SSSR count). The average molecular weight is 452 g/mol. The van der Waals surface area contributed by atoms with Crippen LogP contribution in [0, 0.1) is 10.1 Å². The van der Waals surface area contributed by atoms with E-state index in [0.717, 1.165) is 0 Å². The van der Waals surface area contributed by atoms with Gasteiger partial charge in [-0.05, 0) is 36.5 Å². The number of nitrogens with one attached hydrogen (secondary N) is 2. The number of phenols is 1. The van der Waals surface area contributed by atoms with Crippen molar-refractivity contribution in [1.29, 1.82) is 0 Å². The third-order valence-corrected chi connectivity index (χ3v) is 4.39. The van der Waals surface area contributed by atoms with E-state index in [9.17, 15) is 20.0 Å². The molecule has 3 N–H and O–H groups in total. The minimum atomic E-state index is -0.660. The molecule has 3 aromatic rings. The van der Waals surface area contributed by atoms with Crippen LogP contribution in [0.3, 0.4) is 0 Å². The zero-order valence-corrected chi connectivity index (χ0v) is 16.6. The van der Waals surface area contributed by atoms with Gasteiger partial charge in [0, 0.05) is 22.7 Å². The summed E-state index contributed by atoms with van der Waals surface area (Å²) in [5.41, 5.74) is 0.456. The predicted octanol–water partition coefficient (Wildman–Crippen LogP) is 4.99. The highest BCUT2D eigenvalue weighted by atomic mass is 35.5. The van der Waals surface area contributed by atoms with Crippen LogP contribution < -0.4 is 10.6 Å². The number of amides is 1. The first kappa shape index (κ1) is 20.6. The van der Waals surface area contributed by atoms with Gasteiger partial charge in [0.2, 0.25) is 0 Å². The van der Waals surface area contributed by atoms with E-state index in [0.29, 0.717) is 5.56 Å². The van der Waals surface area contributed by atoms with E-state index >= 15 is 0 Å². The van der Waals surface area contributed by atoms with Crippen LogP contribution in [-0.4, -0.2) is 21.0 Å².